The van der Waals surface area contributed by atoms with Crippen LogP contribution in [-0.4, -0.2) is 19.6 Å². The molecular formula is C64H48N5+. The third-order valence-electron chi connectivity index (χ3n) is 12.7. The molecule has 1 unspecified atom stereocenters. The molecule has 0 saturated carbocycles. The van der Waals surface area contributed by atoms with E-state index < -0.39 is 25.5 Å². The second kappa shape index (κ2) is 18.5. The van der Waals surface area contributed by atoms with Crippen molar-refractivity contribution in [2.75, 3.05) is 0 Å². The molecule has 5 nitrogen and oxygen atoms in total. The molecule has 0 N–H and O–H groups in total. The van der Waals surface area contributed by atoms with E-state index in [2.05, 4.69) is 64.6 Å². The molecule has 328 valence electrons. The summed E-state index contributed by atoms with van der Waals surface area (Å²) in [5.41, 5.74) is 12.1. The molecule has 0 aliphatic carbocycles. The van der Waals surface area contributed by atoms with Gasteiger partial charge >= 0.3 is 0 Å². The van der Waals surface area contributed by atoms with Gasteiger partial charge in [-0.3, -0.25) is 9.97 Å². The average molecular weight is 895 g/mol. The van der Waals surface area contributed by atoms with Crippen molar-refractivity contribution in [3.05, 3.63) is 265 Å². The van der Waals surface area contributed by atoms with E-state index in [1.54, 1.807) is 24.3 Å². The highest BCUT2D eigenvalue weighted by Crippen LogP contribution is 2.53. The zero-order valence-electron chi connectivity index (χ0n) is 45.3. The van der Waals surface area contributed by atoms with Gasteiger partial charge in [0.2, 0.25) is 6.04 Å². The lowest BCUT2D eigenvalue weighted by atomic mass is 9.84. The summed E-state index contributed by atoms with van der Waals surface area (Å²) in [6.45, 7) is 0. The predicted molar refractivity (Wildman–Crippen MR) is 280 cm³/mol. The summed E-state index contributed by atoms with van der Waals surface area (Å²) in [7, 11) is 0. The minimum absolute atomic E-state index is 0.0257. The number of nitrogens with zero attached hydrogens (tertiary/aromatic N) is 5. The average Bonchev–Trinajstić information content (AvgIpc) is 4.10. The first-order valence-electron chi connectivity index (χ1n) is 27.0. The summed E-state index contributed by atoms with van der Waals surface area (Å²) in [5.74, 6) is 0. The van der Waals surface area contributed by atoms with Crippen molar-refractivity contribution in [3.8, 4) is 78.3 Å². The third kappa shape index (κ3) is 8.40. The molecule has 0 spiro atoms. The van der Waals surface area contributed by atoms with E-state index in [0.717, 1.165) is 55.9 Å². The zero-order chi connectivity index (χ0) is 53.1. The van der Waals surface area contributed by atoms with Gasteiger partial charge in [0.05, 0.1) is 23.2 Å². The molecule has 0 saturated heterocycles. The second-order valence-electron chi connectivity index (χ2n) is 17.0. The Morgan fingerprint density at radius 2 is 0.899 bits per heavy atom. The van der Waals surface area contributed by atoms with Gasteiger partial charge in [-0.15, -0.1) is 0 Å². The monoisotopic (exact) mass is 894 g/mol. The maximum absolute atomic E-state index is 9.79. The van der Waals surface area contributed by atoms with Crippen molar-refractivity contribution in [2.45, 2.75) is 31.5 Å². The maximum atomic E-state index is 9.79. The van der Waals surface area contributed by atoms with Gasteiger partial charge in [-0.05, 0) is 98.4 Å². The number of pyridine rings is 3. The minimum atomic E-state index is -2.84. The van der Waals surface area contributed by atoms with Crippen LogP contribution < -0.4 is 0 Å². The van der Waals surface area contributed by atoms with E-state index in [1.807, 2.05) is 132 Å². The molecule has 69 heavy (non-hydrogen) atoms. The van der Waals surface area contributed by atoms with Crippen molar-refractivity contribution in [2.24, 2.45) is 5.11 Å². The standard InChI is InChI=1S/C64H48N5/c1-4-14-48(15-5-1)49-30-32-52(33-31-49)62-58(43-67-63-57-23-13-12-22-56(57)61-36-37-68-69(61)64(62)63)55-21-11-10-20-54(55)53-39-46(26-24-44-28-34-59(65-41-44)50-16-6-2-7-17-50)38-47(40-53)27-25-45-29-35-60(66-42-45)51-18-8-3-9-19-51/h1-23,28-43,61H,24-27H2/q+1/i24D2,25D2,26D2,27D2. The molecule has 12 rings (SSSR count). The normalized spacial score (nSPS) is 15.9. The van der Waals surface area contributed by atoms with Crippen LogP contribution in [0.25, 0.3) is 78.3 Å². The fourth-order valence-corrected chi connectivity index (χ4v) is 9.31. The molecule has 2 aliphatic heterocycles. The van der Waals surface area contributed by atoms with Crippen LogP contribution in [0.3, 0.4) is 0 Å². The number of azo groups is 2. The van der Waals surface area contributed by atoms with Gasteiger partial charge < -0.3 is 0 Å². The number of hydrogen-bond donors (Lipinski definition) is 0. The van der Waals surface area contributed by atoms with Crippen LogP contribution in [-0.2, 0) is 25.5 Å². The highest BCUT2D eigenvalue weighted by Gasteiger charge is 2.42. The highest BCUT2D eigenvalue weighted by molar-refractivity contribution is 5.99. The molecule has 3 aromatic heterocycles. The van der Waals surface area contributed by atoms with Crippen LogP contribution in [0.2, 0.25) is 0 Å². The maximum Gasteiger partial charge on any atom is 0.267 e. The molecule has 7 aromatic carbocycles. The van der Waals surface area contributed by atoms with Crippen molar-refractivity contribution >= 4 is 5.69 Å². The van der Waals surface area contributed by atoms with E-state index in [0.29, 0.717) is 33.6 Å². The van der Waals surface area contributed by atoms with Crippen LogP contribution in [0.5, 0.6) is 0 Å². The van der Waals surface area contributed by atoms with Crippen molar-refractivity contribution in [3.63, 3.8) is 0 Å². The van der Waals surface area contributed by atoms with E-state index in [1.165, 1.54) is 30.6 Å². The first-order chi connectivity index (χ1) is 37.2. The number of rotatable bonds is 12. The summed E-state index contributed by atoms with van der Waals surface area (Å²) in [4.78, 5) is 14.3. The Bertz CT molecular complexity index is 3780. The van der Waals surface area contributed by atoms with Crippen LogP contribution in [0, 0.1) is 0 Å². The Morgan fingerprint density at radius 1 is 0.391 bits per heavy atom. The lowest BCUT2D eigenvalue weighted by Crippen LogP contribution is -2.17. The van der Waals surface area contributed by atoms with Crippen LogP contribution in [0.4, 0.5) is 5.69 Å². The van der Waals surface area contributed by atoms with Crippen molar-refractivity contribution < 1.29 is 15.7 Å². The molecule has 10 aromatic rings. The molecule has 5 heteroatoms. The quantitative estimate of drug-likeness (QED) is 0.115. The molecule has 5 heterocycles. The second-order valence-corrected chi connectivity index (χ2v) is 17.0. The van der Waals surface area contributed by atoms with Gasteiger partial charge in [0.15, 0.2) is 0 Å². The number of aromatic nitrogens is 3. The van der Waals surface area contributed by atoms with Gasteiger partial charge in [-0.1, -0.05) is 199 Å². The smallest absolute Gasteiger partial charge is 0.256 e. The van der Waals surface area contributed by atoms with Gasteiger partial charge in [0.1, 0.15) is 5.69 Å². The summed E-state index contributed by atoms with van der Waals surface area (Å²) >= 11 is 0. The van der Waals surface area contributed by atoms with Gasteiger partial charge in [0, 0.05) is 63.4 Å². The first-order valence-corrected chi connectivity index (χ1v) is 23.0. The van der Waals surface area contributed by atoms with Gasteiger partial charge in [-0.2, -0.15) is 0 Å². The van der Waals surface area contributed by atoms with E-state index in [4.69, 9.17) is 10.1 Å². The van der Waals surface area contributed by atoms with Gasteiger partial charge in [-0.25, -0.2) is 4.98 Å². The van der Waals surface area contributed by atoms with E-state index >= 15 is 0 Å². The van der Waals surface area contributed by atoms with E-state index in [9.17, 15) is 11.0 Å². The summed E-state index contributed by atoms with van der Waals surface area (Å²) in [5, 5.41) is 4.93. The molecule has 0 fully saturated rings. The molecule has 0 radical (unpaired) electrons. The lowest BCUT2D eigenvalue weighted by molar-refractivity contribution is -0.536. The fourth-order valence-electron chi connectivity index (χ4n) is 9.31. The van der Waals surface area contributed by atoms with Crippen molar-refractivity contribution in [1.29, 1.82) is 0 Å². The zero-order valence-corrected chi connectivity index (χ0v) is 37.3. The van der Waals surface area contributed by atoms with E-state index in [-0.39, 0.29) is 28.3 Å². The van der Waals surface area contributed by atoms with Crippen LogP contribution in [0.15, 0.2) is 242 Å². The number of benzene rings is 7. The van der Waals surface area contributed by atoms with Crippen LogP contribution in [0.1, 0.15) is 44.8 Å². The summed E-state index contributed by atoms with van der Waals surface area (Å²) in [6.07, 6.45) is -2.72. The SMILES string of the molecule is [2H]C([2H])(c1ccc(-c2ccccc2)nc1)C([2H])([2H])c1cc(-c2ccccc2-c2cnc3c(c2-c2ccc(-c4ccccc4)cc2)[N+]2=NC=CC2c2ccccc2-3)cc(C([2H])([2H])C([2H])([2H])c2ccc(-c3ccccc3)nc2)c1. The Balaban J connectivity index is 1.05. The molecule has 2 aliphatic rings. The Kier molecular flexibility index (Phi) is 9.07. The largest absolute Gasteiger partial charge is 0.267 e. The highest BCUT2D eigenvalue weighted by atomic mass is 15.3. The topological polar surface area (TPSA) is 54.0 Å². The molecule has 0 amide bonds. The molecular weight excluding hydrogens is 839 g/mol. The van der Waals surface area contributed by atoms with Gasteiger partial charge in [0.25, 0.3) is 5.69 Å². The summed E-state index contributed by atoms with van der Waals surface area (Å²) in [6, 6.07) is 63.7. The number of aryl methyl sites for hydroxylation is 4. The number of fused-ring (bicyclic) bond motifs is 6. The number of hydrogen-bond acceptors (Lipinski definition) is 4. The van der Waals surface area contributed by atoms with Crippen molar-refractivity contribution in [1.82, 2.24) is 15.0 Å². The Labute approximate surface area is 414 Å². The molecule has 1 atom stereocenters. The molecule has 0 bridgehead atoms. The third-order valence-corrected chi connectivity index (χ3v) is 12.7. The first kappa shape index (κ1) is 33.7. The Hall–Kier alpha value is -8.67. The minimum Gasteiger partial charge on any atom is -0.256 e. The Morgan fingerprint density at radius 3 is 1.49 bits per heavy atom. The lowest BCUT2D eigenvalue weighted by Gasteiger charge is -2.23. The van der Waals surface area contributed by atoms with Crippen LogP contribution >= 0.6 is 0 Å². The fraction of sp³-hybridized carbons (Fsp3) is 0.0781. The summed E-state index contributed by atoms with van der Waals surface area (Å²) < 4.78 is 79.4. The predicted octanol–water partition coefficient (Wildman–Crippen LogP) is 15.8.